The molecule has 0 aromatic heterocycles. The Morgan fingerprint density at radius 3 is 2.24 bits per heavy atom. The molecule has 2 amide bonds. The highest BCUT2D eigenvalue weighted by Crippen LogP contribution is 2.34. The van der Waals surface area contributed by atoms with Gasteiger partial charge in [0.15, 0.2) is 0 Å². The topological polar surface area (TPSA) is 98.8 Å². The summed E-state index contributed by atoms with van der Waals surface area (Å²) in [4.78, 5) is 26.2. The maximum absolute atomic E-state index is 13.1. The number of rotatable bonds is 8. The van der Waals surface area contributed by atoms with E-state index < -0.39 is 39.6 Å². The smallest absolute Gasteiger partial charge is 0.325 e. The van der Waals surface area contributed by atoms with Crippen molar-refractivity contribution in [1.29, 1.82) is 0 Å². The molecule has 2 N–H and O–H groups in total. The second-order valence-electron chi connectivity index (χ2n) is 7.49. The number of halogens is 3. The molecule has 12 heteroatoms. The maximum atomic E-state index is 13.1. The molecule has 0 saturated carbocycles. The van der Waals surface area contributed by atoms with Gasteiger partial charge in [0.05, 0.1) is 28.7 Å². The summed E-state index contributed by atoms with van der Waals surface area (Å²) in [7, 11) is 0.541. The van der Waals surface area contributed by atoms with Crippen molar-refractivity contribution in [1.82, 2.24) is 9.21 Å². The molecular weight excluding hydrogens is 461 g/mol. The Morgan fingerprint density at radius 2 is 1.64 bits per heavy atom. The lowest BCUT2D eigenvalue weighted by Gasteiger charge is -2.24. The summed E-state index contributed by atoms with van der Waals surface area (Å²) >= 11 is 0. The van der Waals surface area contributed by atoms with Crippen molar-refractivity contribution >= 4 is 33.2 Å². The van der Waals surface area contributed by atoms with Crippen molar-refractivity contribution in [2.45, 2.75) is 24.0 Å². The lowest BCUT2D eigenvalue weighted by atomic mass is 10.1. The predicted octanol–water partition coefficient (Wildman–Crippen LogP) is 2.85. The van der Waals surface area contributed by atoms with Crippen LogP contribution >= 0.6 is 0 Å². The molecule has 0 aliphatic carbocycles. The average molecular weight is 487 g/mol. The molecule has 0 unspecified atom stereocenters. The molecule has 8 nitrogen and oxygen atoms in total. The Balaban J connectivity index is 2.04. The summed E-state index contributed by atoms with van der Waals surface area (Å²) in [6.45, 7) is 1.16. The van der Waals surface area contributed by atoms with Crippen LogP contribution in [0.2, 0.25) is 0 Å². The number of hydrogen-bond acceptors (Lipinski definition) is 5. The van der Waals surface area contributed by atoms with Crippen molar-refractivity contribution < 1.29 is 31.2 Å². The molecule has 0 aliphatic heterocycles. The first-order chi connectivity index (χ1) is 15.2. The number of carbonyl (C=O) groups is 2. The number of nitrogens with zero attached hydrogens (tertiary/aromatic N) is 2. The fraction of sp³-hybridized carbons (Fsp3) is 0.333. The van der Waals surface area contributed by atoms with Gasteiger partial charge in [-0.1, -0.05) is 18.2 Å². The van der Waals surface area contributed by atoms with E-state index in [1.165, 1.54) is 69.4 Å². The van der Waals surface area contributed by atoms with Crippen LogP contribution in [0.4, 0.5) is 24.5 Å². The quantitative estimate of drug-likeness (QED) is 0.598. The zero-order valence-electron chi connectivity index (χ0n) is 18.5. The summed E-state index contributed by atoms with van der Waals surface area (Å²) in [5.41, 5.74) is -1.11. The first-order valence-corrected chi connectivity index (χ1v) is 11.2. The van der Waals surface area contributed by atoms with Crippen molar-refractivity contribution in [3.05, 3.63) is 54.1 Å². The highest BCUT2D eigenvalue weighted by molar-refractivity contribution is 7.89. The van der Waals surface area contributed by atoms with Gasteiger partial charge in [-0.05, 0) is 44.3 Å². The van der Waals surface area contributed by atoms with Crippen LogP contribution in [0, 0.1) is 0 Å². The predicted molar refractivity (Wildman–Crippen MR) is 118 cm³/mol. The molecule has 0 aliphatic rings. The number of likely N-dealkylation sites (N-methyl/N-ethyl adjacent to an activating group) is 1. The number of hydrogen-bond donors (Lipinski definition) is 2. The van der Waals surface area contributed by atoms with E-state index in [-0.39, 0.29) is 22.8 Å². The molecule has 0 bridgehead atoms. The van der Waals surface area contributed by atoms with E-state index in [0.717, 1.165) is 16.4 Å². The molecule has 0 saturated heterocycles. The number of sulfonamides is 1. The van der Waals surface area contributed by atoms with Gasteiger partial charge in [0.25, 0.3) is 0 Å². The summed E-state index contributed by atoms with van der Waals surface area (Å²) in [6.07, 6.45) is -4.63. The molecule has 2 aromatic rings. The highest BCUT2D eigenvalue weighted by Gasteiger charge is 2.33. The maximum Gasteiger partial charge on any atom is 0.418 e. The number of alkyl halides is 3. The van der Waals surface area contributed by atoms with Gasteiger partial charge in [-0.3, -0.25) is 14.5 Å². The number of nitrogens with one attached hydrogen (secondary N) is 2. The van der Waals surface area contributed by atoms with E-state index in [9.17, 15) is 31.2 Å². The Morgan fingerprint density at radius 1 is 1.00 bits per heavy atom. The van der Waals surface area contributed by atoms with Crippen LogP contribution < -0.4 is 10.6 Å². The highest BCUT2D eigenvalue weighted by atomic mass is 32.2. The number of benzene rings is 2. The van der Waals surface area contributed by atoms with Gasteiger partial charge < -0.3 is 10.6 Å². The molecule has 0 spiro atoms. The van der Waals surface area contributed by atoms with E-state index >= 15 is 0 Å². The molecular formula is C21H25F3N4O4S. The molecule has 2 aromatic carbocycles. The van der Waals surface area contributed by atoms with E-state index in [1.807, 2.05) is 0 Å². The van der Waals surface area contributed by atoms with Crippen LogP contribution in [0.1, 0.15) is 12.5 Å². The van der Waals surface area contributed by atoms with Crippen molar-refractivity contribution in [2.24, 2.45) is 0 Å². The van der Waals surface area contributed by atoms with Gasteiger partial charge in [-0.15, -0.1) is 0 Å². The fourth-order valence-electron chi connectivity index (χ4n) is 2.78. The van der Waals surface area contributed by atoms with Crippen LogP contribution in [-0.2, 0) is 25.8 Å². The number of carbonyl (C=O) groups excluding carboxylic acids is 2. The molecule has 33 heavy (non-hydrogen) atoms. The largest absolute Gasteiger partial charge is 0.418 e. The lowest BCUT2D eigenvalue weighted by Crippen LogP contribution is -2.43. The minimum atomic E-state index is -4.63. The lowest BCUT2D eigenvalue weighted by molar-refractivity contribution is -0.137. The van der Waals surface area contributed by atoms with Gasteiger partial charge in [0, 0.05) is 19.8 Å². The Kier molecular flexibility index (Phi) is 8.22. The minimum absolute atomic E-state index is 0.00554. The van der Waals surface area contributed by atoms with Gasteiger partial charge in [0.1, 0.15) is 0 Å². The van der Waals surface area contributed by atoms with Crippen LogP contribution in [0.15, 0.2) is 53.4 Å². The van der Waals surface area contributed by atoms with Crippen LogP contribution in [0.25, 0.3) is 0 Å². The van der Waals surface area contributed by atoms with E-state index in [0.29, 0.717) is 0 Å². The molecule has 180 valence electrons. The Bertz CT molecular complexity index is 1120. The number of para-hydroxylation sites is 1. The summed E-state index contributed by atoms with van der Waals surface area (Å²) in [6, 6.07) is 9.44. The molecule has 1 atom stereocenters. The third-order valence-electron chi connectivity index (χ3n) is 4.82. The first-order valence-electron chi connectivity index (χ1n) is 9.73. The van der Waals surface area contributed by atoms with Crippen molar-refractivity contribution in [3.63, 3.8) is 0 Å². The Labute approximate surface area is 190 Å². The van der Waals surface area contributed by atoms with Crippen molar-refractivity contribution in [2.75, 3.05) is 38.3 Å². The van der Waals surface area contributed by atoms with Crippen LogP contribution in [-0.4, -0.2) is 63.2 Å². The van der Waals surface area contributed by atoms with E-state index in [1.54, 1.807) is 0 Å². The standard InChI is InChI=1S/C21H25F3N4O4S/c1-14(20(30)25-15-8-7-9-16(12-15)33(31,32)27(2)3)28(4)13-19(29)26-18-11-6-5-10-17(18)21(22,23)24/h5-12,14H,13H2,1-4H3,(H,25,30)(H,26,29)/t14-/m1/s1. The number of anilines is 2. The fourth-order valence-corrected chi connectivity index (χ4v) is 3.73. The van der Waals surface area contributed by atoms with Gasteiger partial charge in [0.2, 0.25) is 21.8 Å². The first kappa shape index (κ1) is 26.3. The molecule has 2 rings (SSSR count). The average Bonchev–Trinajstić information content (AvgIpc) is 2.72. The summed E-state index contributed by atoms with van der Waals surface area (Å²) < 4.78 is 64.8. The zero-order valence-corrected chi connectivity index (χ0v) is 19.3. The van der Waals surface area contributed by atoms with Crippen molar-refractivity contribution in [3.8, 4) is 0 Å². The van der Waals surface area contributed by atoms with Gasteiger partial charge >= 0.3 is 6.18 Å². The Hall–Kier alpha value is -2.96. The van der Waals surface area contributed by atoms with E-state index in [4.69, 9.17) is 0 Å². The van der Waals surface area contributed by atoms with E-state index in [2.05, 4.69) is 10.6 Å². The monoisotopic (exact) mass is 486 g/mol. The normalized spacial score (nSPS) is 13.1. The zero-order chi connectivity index (χ0) is 25.0. The number of amides is 2. The summed E-state index contributed by atoms with van der Waals surface area (Å²) in [5, 5.41) is 4.80. The van der Waals surface area contributed by atoms with Crippen LogP contribution in [0.5, 0.6) is 0 Å². The second-order valence-corrected chi connectivity index (χ2v) is 9.64. The minimum Gasteiger partial charge on any atom is -0.325 e. The third-order valence-corrected chi connectivity index (χ3v) is 6.63. The molecule has 0 heterocycles. The molecule has 0 radical (unpaired) electrons. The summed E-state index contributed by atoms with van der Waals surface area (Å²) in [5.74, 6) is -1.26. The van der Waals surface area contributed by atoms with Gasteiger partial charge in [-0.25, -0.2) is 12.7 Å². The van der Waals surface area contributed by atoms with Crippen LogP contribution in [0.3, 0.4) is 0 Å². The third kappa shape index (κ3) is 6.76. The SMILES string of the molecule is C[C@H](C(=O)Nc1cccc(S(=O)(=O)N(C)C)c1)N(C)CC(=O)Nc1ccccc1C(F)(F)F. The second kappa shape index (κ2) is 10.3. The van der Waals surface area contributed by atoms with Gasteiger partial charge in [-0.2, -0.15) is 13.2 Å². The molecule has 0 fully saturated rings.